The average molecular weight is 480 g/mol. The summed E-state index contributed by atoms with van der Waals surface area (Å²) in [5, 5.41) is 8.64. The number of pyridine rings is 1. The quantitative estimate of drug-likeness (QED) is 0.396. The second kappa shape index (κ2) is 8.07. The first-order valence-corrected chi connectivity index (χ1v) is 12.1. The highest BCUT2D eigenvalue weighted by atomic mass is 32.2. The minimum atomic E-state index is -3.59. The highest BCUT2D eigenvalue weighted by Crippen LogP contribution is 2.34. The van der Waals surface area contributed by atoms with E-state index in [9.17, 15) is 17.2 Å². The zero-order valence-electron chi connectivity index (χ0n) is 18.2. The first kappa shape index (κ1) is 21.8. The van der Waals surface area contributed by atoms with Crippen molar-refractivity contribution >= 4 is 21.2 Å². The van der Waals surface area contributed by atoms with E-state index in [0.717, 1.165) is 40.6 Å². The van der Waals surface area contributed by atoms with Gasteiger partial charge in [0.25, 0.3) is 0 Å². The van der Waals surface area contributed by atoms with Gasteiger partial charge in [-0.3, -0.25) is 9.40 Å². The van der Waals surface area contributed by atoms with Crippen LogP contribution in [-0.2, 0) is 17.1 Å². The molecule has 0 saturated carbocycles. The molecular weight excluding hydrogens is 460 g/mol. The lowest BCUT2D eigenvalue weighted by atomic mass is 9.98. The summed E-state index contributed by atoms with van der Waals surface area (Å²) in [7, 11) is -1.75. The summed E-state index contributed by atoms with van der Waals surface area (Å²) in [5.41, 5.74) is 4.78. The Kier molecular flexibility index (Phi) is 5.17. The van der Waals surface area contributed by atoms with Crippen LogP contribution >= 0.6 is 0 Å². The molecule has 0 aliphatic carbocycles. The van der Waals surface area contributed by atoms with Gasteiger partial charge < -0.3 is 0 Å². The lowest BCUT2D eigenvalue weighted by molar-refractivity contribution is 0.585. The molecule has 10 heteroatoms. The number of hydrogen-bond acceptors (Lipinski definition) is 4. The van der Waals surface area contributed by atoms with Gasteiger partial charge in [-0.2, -0.15) is 10.2 Å². The molecule has 34 heavy (non-hydrogen) atoms. The predicted molar refractivity (Wildman–Crippen MR) is 127 cm³/mol. The SMILES string of the molecule is Cn1cc(-c2ccc3c(-c4cc(NS(C)(=O)=O)cc(-c5ccc(F)cc5F)c4)cnn3c2)cn1. The van der Waals surface area contributed by atoms with Crippen LogP contribution in [0.5, 0.6) is 0 Å². The number of sulfonamides is 1. The van der Waals surface area contributed by atoms with Crippen molar-refractivity contribution in [3.8, 4) is 33.4 Å². The number of aromatic nitrogens is 4. The third kappa shape index (κ3) is 4.27. The maximum absolute atomic E-state index is 14.5. The molecule has 0 fully saturated rings. The number of anilines is 1. The van der Waals surface area contributed by atoms with E-state index in [4.69, 9.17) is 0 Å². The van der Waals surface area contributed by atoms with Crippen LogP contribution in [0.2, 0.25) is 0 Å². The van der Waals surface area contributed by atoms with Crippen molar-refractivity contribution < 1.29 is 17.2 Å². The standard InChI is InChI=1S/C24H19F2N5O2S/c1-30-13-18(11-27-30)15-3-6-24-22(12-28-31(24)14-15)17-7-16(8-20(9-17)29-34(2,32)33)21-5-4-19(25)10-23(21)26/h3-14,29H,1-2H3. The number of fused-ring (bicyclic) bond motifs is 1. The lowest BCUT2D eigenvalue weighted by Crippen LogP contribution is -2.09. The number of hydrogen-bond donors (Lipinski definition) is 1. The maximum atomic E-state index is 14.5. The zero-order chi connectivity index (χ0) is 24.0. The van der Waals surface area contributed by atoms with Crippen LogP contribution in [0.4, 0.5) is 14.5 Å². The molecule has 0 atom stereocenters. The van der Waals surface area contributed by atoms with Gasteiger partial charge in [0, 0.05) is 53.4 Å². The first-order valence-electron chi connectivity index (χ1n) is 10.2. The van der Waals surface area contributed by atoms with Crippen LogP contribution in [0.1, 0.15) is 0 Å². The monoisotopic (exact) mass is 479 g/mol. The van der Waals surface area contributed by atoms with E-state index in [0.29, 0.717) is 11.1 Å². The molecule has 3 heterocycles. The van der Waals surface area contributed by atoms with Crippen molar-refractivity contribution in [1.82, 2.24) is 19.4 Å². The molecule has 0 saturated heterocycles. The van der Waals surface area contributed by atoms with Gasteiger partial charge in [-0.25, -0.2) is 21.7 Å². The van der Waals surface area contributed by atoms with Crippen molar-refractivity contribution in [2.45, 2.75) is 0 Å². The Morgan fingerprint density at radius 1 is 0.824 bits per heavy atom. The van der Waals surface area contributed by atoms with Crippen molar-refractivity contribution in [1.29, 1.82) is 0 Å². The Morgan fingerprint density at radius 2 is 1.59 bits per heavy atom. The van der Waals surface area contributed by atoms with Crippen LogP contribution in [0.15, 0.2) is 73.3 Å². The Labute approximate surface area is 194 Å². The molecule has 5 rings (SSSR count). The molecule has 2 aromatic carbocycles. The van der Waals surface area contributed by atoms with E-state index < -0.39 is 21.7 Å². The highest BCUT2D eigenvalue weighted by molar-refractivity contribution is 7.92. The number of nitrogens with zero attached hydrogens (tertiary/aromatic N) is 4. The predicted octanol–water partition coefficient (Wildman–Crippen LogP) is 4.72. The Hall–Kier alpha value is -4.05. The first-order chi connectivity index (χ1) is 16.2. The summed E-state index contributed by atoms with van der Waals surface area (Å²) in [5.74, 6) is -1.44. The molecule has 3 aromatic heterocycles. The third-order valence-electron chi connectivity index (χ3n) is 5.34. The Balaban J connectivity index is 1.65. The maximum Gasteiger partial charge on any atom is 0.229 e. The van der Waals surface area contributed by atoms with Gasteiger partial charge in [-0.05, 0) is 47.5 Å². The van der Waals surface area contributed by atoms with Gasteiger partial charge in [0.2, 0.25) is 10.0 Å². The van der Waals surface area contributed by atoms with E-state index in [2.05, 4.69) is 14.9 Å². The fourth-order valence-electron chi connectivity index (χ4n) is 3.88. The van der Waals surface area contributed by atoms with Crippen molar-refractivity contribution in [3.05, 3.63) is 85.0 Å². The van der Waals surface area contributed by atoms with E-state index in [1.165, 1.54) is 12.1 Å². The summed E-state index contributed by atoms with van der Waals surface area (Å²) in [4.78, 5) is 0. The Bertz CT molecular complexity index is 1660. The zero-order valence-corrected chi connectivity index (χ0v) is 19.0. The van der Waals surface area contributed by atoms with Crippen molar-refractivity contribution in [2.24, 2.45) is 7.05 Å². The fraction of sp³-hybridized carbons (Fsp3) is 0.0833. The molecule has 0 bridgehead atoms. The topological polar surface area (TPSA) is 81.3 Å². The molecule has 0 radical (unpaired) electrons. The second-order valence-corrected chi connectivity index (χ2v) is 9.75. The van der Waals surface area contributed by atoms with Gasteiger partial charge in [0.1, 0.15) is 11.6 Å². The van der Waals surface area contributed by atoms with Crippen molar-refractivity contribution in [3.63, 3.8) is 0 Å². The van der Waals surface area contributed by atoms with Gasteiger partial charge in [-0.1, -0.05) is 6.07 Å². The molecule has 0 unspecified atom stereocenters. The summed E-state index contributed by atoms with van der Waals surface area (Å²) < 4.78 is 57.6. The highest BCUT2D eigenvalue weighted by Gasteiger charge is 2.15. The summed E-state index contributed by atoms with van der Waals surface area (Å²) >= 11 is 0. The van der Waals surface area contributed by atoms with Crippen LogP contribution in [-0.4, -0.2) is 34.1 Å². The van der Waals surface area contributed by atoms with E-state index in [1.807, 2.05) is 31.6 Å². The van der Waals surface area contributed by atoms with Crippen LogP contribution in [0.25, 0.3) is 38.9 Å². The summed E-state index contributed by atoms with van der Waals surface area (Å²) in [6, 6.07) is 12.0. The van der Waals surface area contributed by atoms with Crippen molar-refractivity contribution in [2.75, 3.05) is 11.0 Å². The number of nitrogens with one attached hydrogen (secondary N) is 1. The number of benzene rings is 2. The molecular formula is C24H19F2N5O2S. The number of aryl methyl sites for hydroxylation is 1. The lowest BCUT2D eigenvalue weighted by Gasteiger charge is -2.12. The molecule has 0 aliphatic heterocycles. The smallest absolute Gasteiger partial charge is 0.229 e. The van der Waals surface area contributed by atoms with Gasteiger partial charge >= 0.3 is 0 Å². The molecule has 0 aliphatic rings. The van der Waals surface area contributed by atoms with Gasteiger partial charge in [-0.15, -0.1) is 0 Å². The molecule has 7 nitrogen and oxygen atoms in total. The minimum absolute atomic E-state index is 0.148. The number of rotatable bonds is 5. The Morgan fingerprint density at radius 3 is 2.26 bits per heavy atom. The average Bonchev–Trinajstić information content (AvgIpc) is 3.38. The molecule has 1 N–H and O–H groups in total. The fourth-order valence-corrected chi connectivity index (χ4v) is 4.43. The second-order valence-electron chi connectivity index (χ2n) is 8.01. The van der Waals surface area contributed by atoms with E-state index >= 15 is 0 Å². The normalized spacial score (nSPS) is 11.8. The van der Waals surface area contributed by atoms with Crippen LogP contribution in [0.3, 0.4) is 0 Å². The van der Waals surface area contributed by atoms with Crippen LogP contribution < -0.4 is 4.72 Å². The third-order valence-corrected chi connectivity index (χ3v) is 5.95. The van der Waals surface area contributed by atoms with Crippen LogP contribution in [0, 0.1) is 11.6 Å². The van der Waals surface area contributed by atoms with E-state index in [-0.39, 0.29) is 11.3 Å². The van der Waals surface area contributed by atoms with Gasteiger partial charge in [0.05, 0.1) is 24.2 Å². The molecule has 0 spiro atoms. The molecule has 5 aromatic rings. The molecule has 172 valence electrons. The van der Waals surface area contributed by atoms with E-state index in [1.54, 1.807) is 33.7 Å². The molecule has 0 amide bonds. The minimum Gasteiger partial charge on any atom is -0.284 e. The summed E-state index contributed by atoms with van der Waals surface area (Å²) in [6.07, 6.45) is 8.22. The summed E-state index contributed by atoms with van der Waals surface area (Å²) in [6.45, 7) is 0. The largest absolute Gasteiger partial charge is 0.284 e. The number of halogens is 2. The van der Waals surface area contributed by atoms with Gasteiger partial charge in [0.15, 0.2) is 0 Å².